The SMILES string of the molecule is C=CCCOC1CC[C@@]2(C)[C@@H]3CC[C@@]45CC6(CC[C@@]4(O5)C3=CC[C@]12C)OCCO6. The van der Waals surface area contributed by atoms with Gasteiger partial charge >= 0.3 is 0 Å². The van der Waals surface area contributed by atoms with E-state index in [-0.39, 0.29) is 22.4 Å². The second-order valence-corrected chi connectivity index (χ2v) is 11.0. The van der Waals surface area contributed by atoms with E-state index in [1.807, 2.05) is 6.08 Å². The fourth-order valence-electron chi connectivity index (χ4n) is 8.21. The summed E-state index contributed by atoms with van der Waals surface area (Å²) in [6, 6.07) is 0. The zero-order valence-corrected chi connectivity index (χ0v) is 18.1. The monoisotopic (exact) mass is 400 g/mol. The molecule has 29 heavy (non-hydrogen) atoms. The van der Waals surface area contributed by atoms with E-state index in [0.29, 0.717) is 17.4 Å². The molecule has 0 aromatic heterocycles. The number of allylic oxidation sites excluding steroid dienone is 1. The largest absolute Gasteiger partial charge is 0.377 e. The summed E-state index contributed by atoms with van der Waals surface area (Å²) in [6.45, 7) is 11.2. The van der Waals surface area contributed by atoms with Gasteiger partial charge < -0.3 is 18.9 Å². The third kappa shape index (κ3) is 2.25. The van der Waals surface area contributed by atoms with Gasteiger partial charge in [0, 0.05) is 18.3 Å². The van der Waals surface area contributed by atoms with Gasteiger partial charge in [-0.25, -0.2) is 0 Å². The van der Waals surface area contributed by atoms with E-state index >= 15 is 0 Å². The van der Waals surface area contributed by atoms with E-state index in [0.717, 1.165) is 58.3 Å². The summed E-state index contributed by atoms with van der Waals surface area (Å²) in [7, 11) is 0. The molecule has 0 aromatic carbocycles. The number of hydrogen-bond acceptors (Lipinski definition) is 4. The molecule has 6 aliphatic rings. The van der Waals surface area contributed by atoms with Crippen LogP contribution in [0, 0.1) is 16.7 Å². The molecular formula is C25H36O4. The standard InChI is InChI=1S/C25H36O4/c1-4-5-14-26-20-8-10-21(2)18-7-11-23-17-24(27-15-16-28-24)12-13-25(23,29-23)19(18)6-9-22(20,21)3/h4,6,18,20H,1,5,7-17H2,2-3H3/t18-,20?,21+,22-,23-,25-/m1/s1. The molecule has 1 unspecified atom stereocenters. The molecule has 4 heteroatoms. The van der Waals surface area contributed by atoms with Crippen molar-refractivity contribution in [3.63, 3.8) is 0 Å². The Balaban J connectivity index is 1.29. The summed E-state index contributed by atoms with van der Waals surface area (Å²) in [5, 5.41) is 0. The van der Waals surface area contributed by atoms with Crippen molar-refractivity contribution in [3.8, 4) is 0 Å². The molecular weight excluding hydrogens is 364 g/mol. The van der Waals surface area contributed by atoms with E-state index in [1.165, 1.54) is 19.3 Å². The Kier molecular flexibility index (Phi) is 3.92. The zero-order chi connectivity index (χ0) is 20.0. The van der Waals surface area contributed by atoms with Gasteiger partial charge in [0.1, 0.15) is 11.2 Å². The summed E-state index contributed by atoms with van der Waals surface area (Å²) in [5.41, 5.74) is 2.10. The van der Waals surface area contributed by atoms with E-state index in [4.69, 9.17) is 18.9 Å². The molecule has 0 N–H and O–H groups in total. The van der Waals surface area contributed by atoms with Gasteiger partial charge in [-0.3, -0.25) is 0 Å². The van der Waals surface area contributed by atoms with Crippen LogP contribution in [0.5, 0.6) is 0 Å². The summed E-state index contributed by atoms with van der Waals surface area (Å²) < 4.78 is 25.3. The van der Waals surface area contributed by atoms with Crippen LogP contribution in [0.3, 0.4) is 0 Å². The van der Waals surface area contributed by atoms with Crippen LogP contribution in [0.15, 0.2) is 24.3 Å². The molecule has 0 bridgehead atoms. The van der Waals surface area contributed by atoms with E-state index in [9.17, 15) is 0 Å². The molecule has 0 aromatic rings. The van der Waals surface area contributed by atoms with Gasteiger partial charge in [0.15, 0.2) is 5.79 Å². The maximum Gasteiger partial charge on any atom is 0.171 e. The summed E-state index contributed by atoms with van der Waals surface area (Å²) in [6.07, 6.45) is 14.8. The molecule has 6 rings (SSSR count). The van der Waals surface area contributed by atoms with Gasteiger partial charge in [-0.05, 0) is 61.9 Å². The van der Waals surface area contributed by atoms with Crippen molar-refractivity contribution in [3.05, 3.63) is 24.3 Å². The number of fused-ring (bicyclic) bond motifs is 3. The molecule has 2 saturated heterocycles. The predicted molar refractivity (Wildman–Crippen MR) is 110 cm³/mol. The fraction of sp³-hybridized carbons (Fsp3) is 0.840. The maximum absolute atomic E-state index is 6.73. The first-order valence-electron chi connectivity index (χ1n) is 11.8. The van der Waals surface area contributed by atoms with Crippen molar-refractivity contribution in [2.24, 2.45) is 16.7 Å². The Bertz CT molecular complexity index is 754. The number of rotatable bonds is 4. The average molecular weight is 401 g/mol. The lowest BCUT2D eigenvalue weighted by Crippen LogP contribution is -2.55. The molecule has 4 aliphatic carbocycles. The lowest BCUT2D eigenvalue weighted by atomic mass is 9.48. The summed E-state index contributed by atoms with van der Waals surface area (Å²) in [4.78, 5) is 0. The number of epoxide rings is 1. The van der Waals surface area contributed by atoms with Gasteiger partial charge in [0.05, 0.1) is 25.9 Å². The summed E-state index contributed by atoms with van der Waals surface area (Å²) >= 11 is 0. The minimum Gasteiger partial charge on any atom is -0.377 e. The quantitative estimate of drug-likeness (QED) is 0.381. The van der Waals surface area contributed by atoms with E-state index in [1.54, 1.807) is 5.57 Å². The first-order chi connectivity index (χ1) is 13.9. The summed E-state index contributed by atoms with van der Waals surface area (Å²) in [5.74, 6) is 0.266. The van der Waals surface area contributed by atoms with Gasteiger partial charge in [-0.2, -0.15) is 0 Å². The molecule has 4 nitrogen and oxygen atoms in total. The highest BCUT2D eigenvalue weighted by atomic mass is 16.7. The van der Waals surface area contributed by atoms with Crippen molar-refractivity contribution in [2.45, 2.75) is 94.7 Å². The predicted octanol–water partition coefficient (Wildman–Crippen LogP) is 4.93. The van der Waals surface area contributed by atoms with Crippen LogP contribution in [-0.2, 0) is 18.9 Å². The van der Waals surface area contributed by atoms with Crippen molar-refractivity contribution in [1.82, 2.24) is 0 Å². The molecule has 0 radical (unpaired) electrons. The Morgan fingerprint density at radius 2 is 1.93 bits per heavy atom. The van der Waals surface area contributed by atoms with Crippen LogP contribution in [-0.4, -0.2) is 42.9 Å². The van der Waals surface area contributed by atoms with Crippen LogP contribution >= 0.6 is 0 Å². The molecule has 2 aliphatic heterocycles. The second kappa shape index (κ2) is 5.97. The molecule has 6 atom stereocenters. The lowest BCUT2D eigenvalue weighted by Gasteiger charge is -2.56. The molecule has 1 spiro atoms. The van der Waals surface area contributed by atoms with Crippen molar-refractivity contribution in [1.29, 1.82) is 0 Å². The van der Waals surface area contributed by atoms with E-state index < -0.39 is 0 Å². The van der Waals surface area contributed by atoms with Crippen molar-refractivity contribution in [2.75, 3.05) is 19.8 Å². The minimum atomic E-state index is -0.363. The number of ether oxygens (including phenoxy) is 4. The maximum atomic E-state index is 6.73. The third-order valence-corrected chi connectivity index (χ3v) is 10.1. The van der Waals surface area contributed by atoms with E-state index in [2.05, 4.69) is 26.5 Å². The third-order valence-electron chi connectivity index (χ3n) is 10.1. The Morgan fingerprint density at radius 3 is 2.72 bits per heavy atom. The topological polar surface area (TPSA) is 40.2 Å². The van der Waals surface area contributed by atoms with Gasteiger partial charge in [0.2, 0.25) is 0 Å². The lowest BCUT2D eigenvalue weighted by molar-refractivity contribution is -0.185. The van der Waals surface area contributed by atoms with Crippen LogP contribution < -0.4 is 0 Å². The number of hydrogen-bond donors (Lipinski definition) is 0. The Labute approximate surface area is 175 Å². The van der Waals surface area contributed by atoms with Crippen LogP contribution in [0.25, 0.3) is 0 Å². The molecule has 5 fully saturated rings. The molecule has 2 heterocycles. The average Bonchev–Trinajstić information content (AvgIpc) is 3.06. The van der Waals surface area contributed by atoms with Gasteiger partial charge in [-0.15, -0.1) is 6.58 Å². The Hall–Kier alpha value is -0.680. The van der Waals surface area contributed by atoms with Gasteiger partial charge in [-0.1, -0.05) is 26.0 Å². The van der Waals surface area contributed by atoms with Crippen molar-refractivity contribution >= 4 is 0 Å². The van der Waals surface area contributed by atoms with Crippen LogP contribution in [0.4, 0.5) is 0 Å². The Morgan fingerprint density at radius 1 is 1.10 bits per heavy atom. The highest BCUT2D eigenvalue weighted by Gasteiger charge is 2.80. The van der Waals surface area contributed by atoms with Crippen molar-refractivity contribution < 1.29 is 18.9 Å². The van der Waals surface area contributed by atoms with Gasteiger partial charge in [0.25, 0.3) is 0 Å². The first kappa shape index (κ1) is 19.0. The van der Waals surface area contributed by atoms with Crippen LogP contribution in [0.2, 0.25) is 0 Å². The normalized spacial score (nSPS) is 51.6. The second-order valence-electron chi connectivity index (χ2n) is 11.0. The molecule has 0 amide bonds. The fourth-order valence-corrected chi connectivity index (χ4v) is 8.21. The molecule has 160 valence electrons. The first-order valence-corrected chi connectivity index (χ1v) is 11.8. The zero-order valence-electron chi connectivity index (χ0n) is 18.1. The minimum absolute atomic E-state index is 0.0252. The highest BCUT2D eigenvalue weighted by Crippen LogP contribution is 2.76. The highest BCUT2D eigenvalue weighted by molar-refractivity contribution is 5.44. The molecule has 3 saturated carbocycles. The van der Waals surface area contributed by atoms with Crippen LogP contribution in [0.1, 0.15) is 71.6 Å². The smallest absolute Gasteiger partial charge is 0.171 e.